The molecule has 1 unspecified atom stereocenters. The van der Waals surface area contributed by atoms with E-state index in [0.717, 1.165) is 21.9 Å². The predicted octanol–water partition coefficient (Wildman–Crippen LogP) is 3.52. The molecule has 1 heterocycles. The number of para-hydroxylation sites is 2. The van der Waals surface area contributed by atoms with Gasteiger partial charge in [-0.2, -0.15) is 0 Å². The zero-order chi connectivity index (χ0) is 20.5. The number of carbonyl (C=O) groups excluding carboxylic acids is 1. The van der Waals surface area contributed by atoms with E-state index < -0.39 is 21.5 Å². The highest BCUT2D eigenvalue weighted by Crippen LogP contribution is 2.39. The standard InChI is InChI=1S/C20H23ClN2O4S/c1-20(2)12-16(14-8-4-7-11-18(14)27-20)22-19(24)13-23(28(3,25)26)17-10-6-5-9-15(17)21/h4-11,16H,12-13H2,1-3H3,(H,22,24). The van der Waals surface area contributed by atoms with Crippen LogP contribution in [0.25, 0.3) is 0 Å². The topological polar surface area (TPSA) is 75.7 Å². The molecule has 6 nitrogen and oxygen atoms in total. The molecule has 2 aromatic rings. The average Bonchev–Trinajstić information content (AvgIpc) is 2.58. The third kappa shape index (κ3) is 4.59. The Morgan fingerprint density at radius 3 is 2.54 bits per heavy atom. The average molecular weight is 423 g/mol. The van der Waals surface area contributed by atoms with E-state index in [0.29, 0.717) is 6.42 Å². The number of amides is 1. The Labute approximate surface area is 170 Å². The SMILES string of the molecule is CC1(C)CC(NC(=O)CN(c2ccccc2Cl)S(C)(=O)=O)c2ccccc2O1. The smallest absolute Gasteiger partial charge is 0.241 e. The van der Waals surface area contributed by atoms with Crippen LogP contribution in [0.3, 0.4) is 0 Å². The summed E-state index contributed by atoms with van der Waals surface area (Å²) < 4.78 is 31.6. The minimum Gasteiger partial charge on any atom is -0.487 e. The maximum atomic E-state index is 12.8. The number of anilines is 1. The summed E-state index contributed by atoms with van der Waals surface area (Å²) in [4.78, 5) is 12.8. The van der Waals surface area contributed by atoms with E-state index in [9.17, 15) is 13.2 Å². The van der Waals surface area contributed by atoms with Gasteiger partial charge in [-0.3, -0.25) is 9.10 Å². The van der Waals surface area contributed by atoms with Gasteiger partial charge in [0.05, 0.1) is 23.0 Å². The molecule has 0 aromatic heterocycles. The lowest BCUT2D eigenvalue weighted by atomic mass is 9.89. The van der Waals surface area contributed by atoms with Gasteiger partial charge in [-0.05, 0) is 32.0 Å². The second-order valence-corrected chi connectivity index (χ2v) is 9.76. The molecule has 2 aromatic carbocycles. The van der Waals surface area contributed by atoms with Gasteiger partial charge in [0.1, 0.15) is 17.9 Å². The number of ether oxygens (including phenoxy) is 1. The zero-order valence-corrected chi connectivity index (χ0v) is 17.5. The summed E-state index contributed by atoms with van der Waals surface area (Å²) in [6.07, 6.45) is 1.62. The third-order valence-electron chi connectivity index (χ3n) is 4.52. The van der Waals surface area contributed by atoms with Crippen molar-refractivity contribution in [2.24, 2.45) is 0 Å². The molecule has 0 radical (unpaired) electrons. The van der Waals surface area contributed by atoms with Gasteiger partial charge in [-0.25, -0.2) is 8.42 Å². The Hall–Kier alpha value is -2.25. The maximum absolute atomic E-state index is 12.8. The van der Waals surface area contributed by atoms with Crippen LogP contribution >= 0.6 is 11.6 Å². The van der Waals surface area contributed by atoms with Gasteiger partial charge in [0.15, 0.2) is 0 Å². The first-order valence-electron chi connectivity index (χ1n) is 8.86. The molecule has 0 saturated heterocycles. The van der Waals surface area contributed by atoms with Crippen molar-refractivity contribution in [3.63, 3.8) is 0 Å². The highest BCUT2D eigenvalue weighted by molar-refractivity contribution is 7.92. The molecule has 1 aliphatic heterocycles. The number of hydrogen-bond donors (Lipinski definition) is 1. The Morgan fingerprint density at radius 2 is 1.86 bits per heavy atom. The molecule has 150 valence electrons. The van der Waals surface area contributed by atoms with Gasteiger partial charge in [0.25, 0.3) is 0 Å². The van der Waals surface area contributed by atoms with Gasteiger partial charge in [-0.15, -0.1) is 0 Å². The summed E-state index contributed by atoms with van der Waals surface area (Å²) in [6, 6.07) is 13.8. The summed E-state index contributed by atoms with van der Waals surface area (Å²) in [5.74, 6) is 0.304. The molecule has 1 N–H and O–H groups in total. The molecule has 3 rings (SSSR count). The number of rotatable bonds is 5. The lowest BCUT2D eigenvalue weighted by Gasteiger charge is -2.38. The predicted molar refractivity (Wildman–Crippen MR) is 110 cm³/mol. The molecular formula is C20H23ClN2O4S. The summed E-state index contributed by atoms with van der Waals surface area (Å²) >= 11 is 6.15. The summed E-state index contributed by atoms with van der Waals surface area (Å²) in [5.41, 5.74) is 0.694. The summed E-state index contributed by atoms with van der Waals surface area (Å²) in [5, 5.41) is 3.22. The van der Waals surface area contributed by atoms with E-state index >= 15 is 0 Å². The van der Waals surface area contributed by atoms with Crippen molar-refractivity contribution >= 4 is 33.2 Å². The van der Waals surface area contributed by atoms with Crippen LogP contribution in [0.15, 0.2) is 48.5 Å². The second kappa shape index (κ2) is 7.64. The van der Waals surface area contributed by atoms with Crippen LogP contribution < -0.4 is 14.4 Å². The van der Waals surface area contributed by atoms with E-state index in [2.05, 4.69) is 5.32 Å². The first kappa shape index (κ1) is 20.5. The first-order chi connectivity index (χ1) is 13.1. The minimum absolute atomic E-state index is 0.262. The number of sulfonamides is 1. The van der Waals surface area contributed by atoms with E-state index in [4.69, 9.17) is 16.3 Å². The van der Waals surface area contributed by atoms with Crippen LogP contribution in [0.4, 0.5) is 5.69 Å². The lowest BCUT2D eigenvalue weighted by molar-refractivity contribution is -0.120. The van der Waals surface area contributed by atoms with Crippen molar-refractivity contribution in [2.75, 3.05) is 17.1 Å². The second-order valence-electron chi connectivity index (χ2n) is 7.44. The lowest BCUT2D eigenvalue weighted by Crippen LogP contribution is -2.45. The fourth-order valence-electron chi connectivity index (χ4n) is 3.34. The van der Waals surface area contributed by atoms with Crippen molar-refractivity contribution < 1.29 is 17.9 Å². The Kier molecular flexibility index (Phi) is 5.59. The van der Waals surface area contributed by atoms with Crippen molar-refractivity contribution in [1.29, 1.82) is 0 Å². The highest BCUT2D eigenvalue weighted by Gasteiger charge is 2.35. The molecule has 1 atom stereocenters. The van der Waals surface area contributed by atoms with Crippen LogP contribution in [-0.2, 0) is 14.8 Å². The number of carbonyl (C=O) groups is 1. The molecule has 0 saturated carbocycles. The maximum Gasteiger partial charge on any atom is 0.241 e. The molecule has 28 heavy (non-hydrogen) atoms. The molecule has 1 amide bonds. The van der Waals surface area contributed by atoms with Gasteiger partial charge < -0.3 is 10.1 Å². The molecule has 0 spiro atoms. The molecule has 8 heteroatoms. The fourth-order valence-corrected chi connectivity index (χ4v) is 4.49. The molecule has 0 fully saturated rings. The van der Waals surface area contributed by atoms with Gasteiger partial charge >= 0.3 is 0 Å². The zero-order valence-electron chi connectivity index (χ0n) is 16.0. The molecule has 1 aliphatic rings. The number of hydrogen-bond acceptors (Lipinski definition) is 4. The van der Waals surface area contributed by atoms with Gasteiger partial charge in [0, 0.05) is 12.0 Å². The fraction of sp³-hybridized carbons (Fsp3) is 0.350. The van der Waals surface area contributed by atoms with Crippen molar-refractivity contribution in [2.45, 2.75) is 31.9 Å². The Bertz CT molecular complexity index is 991. The number of halogens is 1. The highest BCUT2D eigenvalue weighted by atomic mass is 35.5. The van der Waals surface area contributed by atoms with E-state index in [1.165, 1.54) is 0 Å². The summed E-state index contributed by atoms with van der Waals surface area (Å²) in [7, 11) is -3.70. The van der Waals surface area contributed by atoms with Crippen molar-refractivity contribution in [3.05, 3.63) is 59.1 Å². The van der Waals surface area contributed by atoms with Crippen LogP contribution in [-0.4, -0.2) is 32.7 Å². The van der Waals surface area contributed by atoms with E-state index in [1.807, 2.05) is 38.1 Å². The normalized spacial score (nSPS) is 17.9. The Balaban J connectivity index is 1.83. The minimum atomic E-state index is -3.70. The number of fused-ring (bicyclic) bond motifs is 1. The molecular weight excluding hydrogens is 400 g/mol. The quantitative estimate of drug-likeness (QED) is 0.799. The third-order valence-corrected chi connectivity index (χ3v) is 5.97. The monoisotopic (exact) mass is 422 g/mol. The first-order valence-corrected chi connectivity index (χ1v) is 11.1. The van der Waals surface area contributed by atoms with Crippen LogP contribution in [0, 0.1) is 0 Å². The van der Waals surface area contributed by atoms with E-state index in [-0.39, 0.29) is 23.3 Å². The number of nitrogens with one attached hydrogen (secondary N) is 1. The Morgan fingerprint density at radius 1 is 1.21 bits per heavy atom. The van der Waals surface area contributed by atoms with E-state index in [1.54, 1.807) is 24.3 Å². The van der Waals surface area contributed by atoms with Gasteiger partial charge in [0.2, 0.25) is 15.9 Å². The van der Waals surface area contributed by atoms with Crippen molar-refractivity contribution in [3.8, 4) is 5.75 Å². The van der Waals surface area contributed by atoms with Gasteiger partial charge in [-0.1, -0.05) is 41.9 Å². The molecule has 0 aliphatic carbocycles. The van der Waals surface area contributed by atoms with Crippen molar-refractivity contribution in [1.82, 2.24) is 5.32 Å². The largest absolute Gasteiger partial charge is 0.487 e. The van der Waals surface area contributed by atoms with Crippen LogP contribution in [0.2, 0.25) is 5.02 Å². The molecule has 0 bridgehead atoms. The van der Waals surface area contributed by atoms with Crippen LogP contribution in [0.5, 0.6) is 5.75 Å². The number of nitrogens with zero attached hydrogens (tertiary/aromatic N) is 1. The summed E-state index contributed by atoms with van der Waals surface area (Å²) in [6.45, 7) is 3.55. The van der Waals surface area contributed by atoms with Crippen LogP contribution in [0.1, 0.15) is 31.9 Å². The number of benzene rings is 2.